The van der Waals surface area contributed by atoms with E-state index in [0.717, 1.165) is 43.2 Å². The quantitative estimate of drug-likeness (QED) is 0.0198. The van der Waals surface area contributed by atoms with Gasteiger partial charge in [-0.3, -0.25) is 86.7 Å². The molecule has 2 fully saturated rings. The minimum absolute atomic E-state index is 0.0109. The molecule has 1 aromatic rings. The third kappa shape index (κ3) is 34.7. The van der Waals surface area contributed by atoms with E-state index in [1.807, 2.05) is 0 Å². The zero-order chi connectivity index (χ0) is 77.8. The molecule has 104 heavy (non-hydrogen) atoms. The summed E-state index contributed by atoms with van der Waals surface area (Å²) in [6.07, 6.45) is -1.000. The zero-order valence-electron chi connectivity index (χ0n) is 58.2. The maximum absolute atomic E-state index is 14.9. The fourth-order valence-corrected chi connectivity index (χ4v) is 15.7. The van der Waals surface area contributed by atoms with Gasteiger partial charge in [0, 0.05) is 60.3 Å². The predicted molar refractivity (Wildman–Crippen MR) is 386 cm³/mol. The second-order valence-corrected chi connectivity index (χ2v) is 30.2. The van der Waals surface area contributed by atoms with E-state index in [9.17, 15) is 81.8 Å². The van der Waals surface area contributed by atoms with E-state index in [0.29, 0.717) is 0 Å². The number of nitrogens with zero attached hydrogens (tertiary/aromatic N) is 3. The highest BCUT2D eigenvalue weighted by Crippen LogP contribution is 2.36. The van der Waals surface area contributed by atoms with Crippen molar-refractivity contribution in [2.45, 2.75) is 177 Å². The van der Waals surface area contributed by atoms with Crippen molar-refractivity contribution < 1.29 is 81.8 Å². The Kier molecular flexibility index (Phi) is 39.6. The van der Waals surface area contributed by atoms with E-state index < -0.39 is 217 Å². The molecule has 0 saturated carbocycles. The fourth-order valence-electron chi connectivity index (χ4n) is 9.81. The lowest BCUT2D eigenvalue weighted by molar-refractivity contribution is -0.138. The average molecular weight is 1540 g/mol. The molecule has 0 spiro atoms. The van der Waals surface area contributed by atoms with Crippen molar-refractivity contribution in [3.8, 4) is 0 Å². The monoisotopic (exact) mass is 1540 g/mol. The average Bonchev–Trinajstić information content (AvgIpc) is 1.90. The summed E-state index contributed by atoms with van der Waals surface area (Å²) in [6, 6.07) is -17.5. The van der Waals surface area contributed by atoms with Crippen LogP contribution < -0.4 is 109 Å². The van der Waals surface area contributed by atoms with Gasteiger partial charge in [-0.15, -0.1) is 0 Å². The molecule has 41 nitrogen and oxygen atoms in total. The molecule has 580 valence electrons. The number of carboxylic acid groups (broad SMARTS) is 1. The molecule has 15 amide bonds. The van der Waals surface area contributed by atoms with Crippen molar-refractivity contribution >= 4 is 150 Å². The van der Waals surface area contributed by atoms with Crippen LogP contribution in [0.1, 0.15) is 105 Å². The topological polar surface area (TPSA) is 685 Å². The van der Waals surface area contributed by atoms with Gasteiger partial charge in [-0.25, -0.2) is 4.98 Å². The second kappa shape index (κ2) is 46.4. The number of guanidine groups is 2. The number of aromatic amines is 1. The molecule has 12 atom stereocenters. The third-order valence-corrected chi connectivity index (χ3v) is 20.6. The number of hydrogen-bond donors (Lipinski definition) is 22. The maximum atomic E-state index is 14.9. The van der Waals surface area contributed by atoms with E-state index in [1.165, 1.54) is 19.4 Å². The number of rotatable bonds is 24. The first-order valence-corrected chi connectivity index (χ1v) is 37.9. The Balaban J connectivity index is 2.42. The first kappa shape index (κ1) is 88.8. The van der Waals surface area contributed by atoms with Gasteiger partial charge in [0.25, 0.3) is 0 Å². The Labute approximate surface area is 614 Å². The summed E-state index contributed by atoms with van der Waals surface area (Å²) in [5.41, 5.74) is 39.4. The SMILES string of the molecule is CC(C)C[C@H](NC(=O)[C@@H]1CSS[C@H]2CSSC[C@H](NC(=O)CNC(=O)[C@H](CCCN=C(N)N)NC(=O)CNC(=O)[C@H](CC(C)C)NC(=O)[C@H](C)NC(=O)[C@@H](NC(=O)CN)C2)C(=O)N[C@@H](CCC(=O)O)C(=O)N[C@@H](CC(N)=O)C(=O)N[C@@H](Cc2cnc[nH]2)C(=O)N[C@@H](CCCN=C(N)N)C(=O)N1)C(N)=O. The van der Waals surface area contributed by atoms with Gasteiger partial charge < -0.3 is 119 Å². The van der Waals surface area contributed by atoms with Crippen LogP contribution in [0.4, 0.5) is 0 Å². The smallest absolute Gasteiger partial charge is 0.303 e. The number of hydrogen-bond acceptors (Lipinski definition) is 24. The van der Waals surface area contributed by atoms with Gasteiger partial charge in [0.1, 0.15) is 66.5 Å². The van der Waals surface area contributed by atoms with Crippen molar-refractivity contribution in [1.29, 1.82) is 0 Å². The number of nitrogens with two attached hydrogens (primary N) is 7. The summed E-state index contributed by atoms with van der Waals surface area (Å²) in [5.74, 6) is -18.8. The zero-order valence-corrected chi connectivity index (χ0v) is 61.4. The second-order valence-electron chi connectivity index (χ2n) is 24.9. The summed E-state index contributed by atoms with van der Waals surface area (Å²) in [6.45, 7) is 5.87. The Morgan fingerprint density at radius 3 is 1.71 bits per heavy atom. The molecule has 2 saturated heterocycles. The highest BCUT2D eigenvalue weighted by Gasteiger charge is 2.38. The van der Waals surface area contributed by atoms with Crippen molar-refractivity contribution in [2.24, 2.45) is 62.0 Å². The normalized spacial score (nSPS) is 24.4. The number of imidazole rings is 1. The highest BCUT2D eigenvalue weighted by molar-refractivity contribution is 8.78. The molecule has 2 bridgehead atoms. The number of carboxylic acids is 1. The van der Waals surface area contributed by atoms with Crippen LogP contribution >= 0.6 is 43.2 Å². The van der Waals surface area contributed by atoms with Crippen LogP contribution in [0.15, 0.2) is 22.5 Å². The number of aliphatic imine (C=N–C) groups is 2. The number of aliphatic carboxylic acids is 1. The van der Waals surface area contributed by atoms with Gasteiger partial charge in [0.2, 0.25) is 88.6 Å². The molecule has 3 rings (SSSR count). The molecular weight excluding hydrogens is 1450 g/mol. The molecule has 0 unspecified atom stereocenters. The molecule has 3 heterocycles. The summed E-state index contributed by atoms with van der Waals surface area (Å²) >= 11 is 0. The van der Waals surface area contributed by atoms with Gasteiger partial charge in [-0.2, -0.15) is 0 Å². The first-order chi connectivity index (χ1) is 49.0. The Bertz CT molecular complexity index is 3220. The number of carbonyl (C=O) groups is 16. The summed E-state index contributed by atoms with van der Waals surface area (Å²) in [7, 11) is 3.82. The maximum Gasteiger partial charge on any atom is 0.303 e. The van der Waals surface area contributed by atoms with Gasteiger partial charge in [-0.05, 0) is 70.1 Å². The highest BCUT2D eigenvalue weighted by atomic mass is 33.1. The Hall–Kier alpha value is -9.37. The standard InChI is InChI=1S/C59H98N24O17S4/c1-27(2)14-35(47(62)90)79-57(100)41-25-103-104-31-17-38(75-43(85)19-60)53(96)73-29(5)48(91)80-36(15-28(3)4)50(93)71-21-44(86)74-32(8-6-12-68-58(63)64)49(92)70-22-45(87)76-40(24-102-101-23-31)56(99)78-34(10-11-46(88)89)52(95)82-39(18-42(61)84)55(98)81-37(16-30-20-67-26-72-30)54(97)77-33(51(94)83-41)9-7-13-69-59(65)66/h20,26-29,31-41H,6-19,21-25,60H2,1-5H3,(H2,61,84)(H2,62,90)(H,67,72)(H,70,92)(H,71,93)(H,73,96)(H,74,86)(H,75,85)(H,76,87)(H,77,97)(H,78,99)(H,79,100)(H,80,91)(H,81,98)(H,82,95)(H,83,94)(H,88,89)(H4,63,64,68)(H4,65,66,69)/t29-,31+,32-,33-,34-,35-,36-,37-,38-,39-,40-,41-/m0/s1. The lowest BCUT2D eigenvalue weighted by atomic mass is 10.0. The van der Waals surface area contributed by atoms with Crippen molar-refractivity contribution in [3.05, 3.63) is 18.2 Å². The molecule has 0 aliphatic carbocycles. The van der Waals surface area contributed by atoms with Gasteiger partial charge >= 0.3 is 5.97 Å². The summed E-state index contributed by atoms with van der Waals surface area (Å²) in [5, 5.41) is 41.3. The van der Waals surface area contributed by atoms with Crippen LogP contribution in [0.3, 0.4) is 0 Å². The minimum Gasteiger partial charge on any atom is -0.481 e. The van der Waals surface area contributed by atoms with Crippen LogP contribution in [0.25, 0.3) is 0 Å². The number of fused-ring (bicyclic) bond motifs is 5. The van der Waals surface area contributed by atoms with E-state index in [2.05, 4.69) is 89.1 Å². The molecule has 0 radical (unpaired) electrons. The summed E-state index contributed by atoms with van der Waals surface area (Å²) < 4.78 is 0. The van der Waals surface area contributed by atoms with Crippen molar-refractivity contribution in [1.82, 2.24) is 79.1 Å². The van der Waals surface area contributed by atoms with E-state index in [4.69, 9.17) is 40.1 Å². The predicted octanol–water partition coefficient (Wildman–Crippen LogP) is -8.53. The Morgan fingerprint density at radius 2 is 1.14 bits per heavy atom. The van der Waals surface area contributed by atoms with Crippen LogP contribution in [0.2, 0.25) is 0 Å². The third-order valence-electron chi connectivity index (χ3n) is 15.0. The van der Waals surface area contributed by atoms with Crippen molar-refractivity contribution in [2.75, 3.05) is 50.0 Å². The van der Waals surface area contributed by atoms with Gasteiger partial charge in [0.05, 0.1) is 32.4 Å². The largest absolute Gasteiger partial charge is 0.481 e. The van der Waals surface area contributed by atoms with Gasteiger partial charge in [0.15, 0.2) is 11.9 Å². The van der Waals surface area contributed by atoms with E-state index in [-0.39, 0.29) is 99.0 Å². The molecule has 2 aliphatic rings. The van der Waals surface area contributed by atoms with Crippen LogP contribution in [0.5, 0.6) is 0 Å². The molecule has 2 aliphatic heterocycles. The molecule has 45 heteroatoms. The first-order valence-electron chi connectivity index (χ1n) is 33.0. The molecule has 29 N–H and O–H groups in total. The number of primary amides is 2. The Morgan fingerprint density at radius 1 is 0.606 bits per heavy atom. The molecule has 0 aromatic carbocycles. The number of carbonyl (C=O) groups excluding carboxylic acids is 15. The fraction of sp³-hybridized carbons (Fsp3) is 0.644. The van der Waals surface area contributed by atoms with Crippen LogP contribution in [0, 0.1) is 11.8 Å². The number of H-pyrrole nitrogens is 1. The molecule has 1 aromatic heterocycles. The number of amides is 15. The van der Waals surface area contributed by atoms with Crippen molar-refractivity contribution in [3.63, 3.8) is 0 Å². The minimum atomic E-state index is -1.99. The van der Waals surface area contributed by atoms with E-state index in [1.54, 1.807) is 27.7 Å². The number of nitrogens with one attached hydrogen (secondary N) is 14. The van der Waals surface area contributed by atoms with E-state index >= 15 is 0 Å². The lowest BCUT2D eigenvalue weighted by Crippen LogP contribution is -2.61. The van der Waals surface area contributed by atoms with Gasteiger partial charge in [-0.1, -0.05) is 70.9 Å². The number of aromatic nitrogens is 2. The van der Waals surface area contributed by atoms with Crippen LogP contribution in [-0.4, -0.2) is 243 Å². The summed E-state index contributed by atoms with van der Waals surface area (Å²) in [4.78, 5) is 237. The van der Waals surface area contributed by atoms with Crippen LogP contribution in [-0.2, 0) is 83.1 Å². The molecular formula is C59H98N24O17S4. The lowest BCUT2D eigenvalue weighted by Gasteiger charge is -2.28.